The number of alkyl halides is 1. The predicted molar refractivity (Wildman–Crippen MR) is 52.1 cm³/mol. The van der Waals surface area contributed by atoms with Crippen LogP contribution in [0.1, 0.15) is 13.8 Å². The highest BCUT2D eigenvalue weighted by Crippen LogP contribution is 2.04. The molecule has 0 saturated carbocycles. The summed E-state index contributed by atoms with van der Waals surface area (Å²) in [7, 11) is 2.04. The van der Waals surface area contributed by atoms with Crippen LogP contribution < -0.4 is 0 Å². The first-order chi connectivity index (χ1) is 5.11. The zero-order valence-corrected chi connectivity index (χ0v) is 9.13. The van der Waals surface area contributed by atoms with Crippen LogP contribution in [0.5, 0.6) is 0 Å². The Bertz CT molecular complexity index is 100. The largest absolute Gasteiger partial charge is 0.395 e. The molecule has 0 rings (SSSR count). The van der Waals surface area contributed by atoms with Gasteiger partial charge in [-0.25, -0.2) is 0 Å². The summed E-state index contributed by atoms with van der Waals surface area (Å²) in [6.07, 6.45) is 0. The number of hydrogen-bond acceptors (Lipinski definition) is 2. The Morgan fingerprint density at radius 2 is 2.00 bits per heavy atom. The quantitative estimate of drug-likeness (QED) is 0.712. The van der Waals surface area contributed by atoms with Gasteiger partial charge in [0.25, 0.3) is 0 Å². The fourth-order valence-electron chi connectivity index (χ4n) is 0.860. The molecule has 0 radical (unpaired) electrons. The summed E-state index contributed by atoms with van der Waals surface area (Å²) in [6.45, 7) is 5.49. The van der Waals surface area contributed by atoms with Gasteiger partial charge in [0, 0.05) is 17.9 Å². The van der Waals surface area contributed by atoms with E-state index in [0.717, 1.165) is 11.9 Å². The highest BCUT2D eigenvalue weighted by molar-refractivity contribution is 9.09. The molecule has 0 aromatic rings. The highest BCUT2D eigenvalue weighted by Gasteiger charge is 2.10. The van der Waals surface area contributed by atoms with E-state index in [-0.39, 0.29) is 12.6 Å². The topological polar surface area (TPSA) is 23.5 Å². The van der Waals surface area contributed by atoms with E-state index >= 15 is 0 Å². The maximum absolute atomic E-state index is 8.84. The fraction of sp³-hybridized carbons (Fsp3) is 1.00. The van der Waals surface area contributed by atoms with Crippen LogP contribution in [0.3, 0.4) is 0 Å². The summed E-state index contributed by atoms with van der Waals surface area (Å²) in [5.74, 6) is 0.647. The SMILES string of the molecule is CC(CBr)CN(C)C(C)CO. The Kier molecular flexibility index (Phi) is 6.19. The molecule has 2 unspecified atom stereocenters. The molecule has 2 atom stereocenters. The summed E-state index contributed by atoms with van der Waals surface area (Å²) in [6, 6.07) is 0.275. The summed E-state index contributed by atoms with van der Waals surface area (Å²) in [5, 5.41) is 9.86. The molecule has 1 N–H and O–H groups in total. The van der Waals surface area contributed by atoms with E-state index in [2.05, 4.69) is 27.8 Å². The molecule has 0 saturated heterocycles. The summed E-state index contributed by atoms with van der Waals surface area (Å²) in [4.78, 5) is 2.17. The van der Waals surface area contributed by atoms with Crippen LogP contribution in [-0.4, -0.2) is 41.6 Å². The molecule has 2 nitrogen and oxygen atoms in total. The Morgan fingerprint density at radius 1 is 1.45 bits per heavy atom. The van der Waals surface area contributed by atoms with Gasteiger partial charge in [0.1, 0.15) is 0 Å². The van der Waals surface area contributed by atoms with Crippen LogP contribution in [0.2, 0.25) is 0 Å². The third kappa shape index (κ3) is 4.77. The van der Waals surface area contributed by atoms with E-state index in [0.29, 0.717) is 5.92 Å². The average Bonchev–Trinajstić information content (AvgIpc) is 2.02. The van der Waals surface area contributed by atoms with Crippen LogP contribution in [-0.2, 0) is 0 Å². The molecule has 0 fully saturated rings. The Morgan fingerprint density at radius 3 is 2.36 bits per heavy atom. The van der Waals surface area contributed by atoms with Gasteiger partial charge in [-0.05, 0) is 19.9 Å². The van der Waals surface area contributed by atoms with Crippen LogP contribution in [0, 0.1) is 5.92 Å². The van der Waals surface area contributed by atoms with E-state index in [1.54, 1.807) is 0 Å². The Balaban J connectivity index is 3.58. The molecule has 0 aliphatic heterocycles. The van der Waals surface area contributed by atoms with Crippen LogP contribution in [0.25, 0.3) is 0 Å². The lowest BCUT2D eigenvalue weighted by atomic mass is 10.2. The molecule has 11 heavy (non-hydrogen) atoms. The molecule has 68 valence electrons. The maximum atomic E-state index is 8.84. The van der Waals surface area contributed by atoms with Crippen molar-refractivity contribution in [2.45, 2.75) is 19.9 Å². The van der Waals surface area contributed by atoms with Gasteiger partial charge in [0.05, 0.1) is 6.61 Å². The number of aliphatic hydroxyl groups excluding tert-OH is 1. The number of halogens is 1. The van der Waals surface area contributed by atoms with Crippen molar-refractivity contribution in [3.8, 4) is 0 Å². The van der Waals surface area contributed by atoms with Crippen LogP contribution in [0.4, 0.5) is 0 Å². The van der Waals surface area contributed by atoms with Gasteiger partial charge in [-0.3, -0.25) is 0 Å². The Hall–Kier alpha value is 0.400. The van der Waals surface area contributed by atoms with E-state index in [9.17, 15) is 0 Å². The lowest BCUT2D eigenvalue weighted by Gasteiger charge is -2.25. The van der Waals surface area contributed by atoms with Gasteiger partial charge in [-0.1, -0.05) is 22.9 Å². The number of nitrogens with zero attached hydrogens (tertiary/aromatic N) is 1. The van der Waals surface area contributed by atoms with Crippen molar-refractivity contribution in [1.29, 1.82) is 0 Å². The minimum absolute atomic E-state index is 0.242. The van der Waals surface area contributed by atoms with E-state index in [4.69, 9.17) is 5.11 Å². The third-order valence-electron chi connectivity index (χ3n) is 1.88. The second kappa shape index (κ2) is 5.98. The van der Waals surface area contributed by atoms with Crippen molar-refractivity contribution in [3.05, 3.63) is 0 Å². The van der Waals surface area contributed by atoms with Crippen molar-refractivity contribution >= 4 is 15.9 Å². The van der Waals surface area contributed by atoms with Gasteiger partial charge >= 0.3 is 0 Å². The number of hydrogen-bond donors (Lipinski definition) is 1. The average molecular weight is 224 g/mol. The Labute approximate surface area is 77.7 Å². The van der Waals surface area contributed by atoms with Crippen LogP contribution >= 0.6 is 15.9 Å². The summed E-state index contributed by atoms with van der Waals surface area (Å²) < 4.78 is 0. The summed E-state index contributed by atoms with van der Waals surface area (Å²) >= 11 is 3.43. The van der Waals surface area contributed by atoms with Crippen molar-refractivity contribution in [2.24, 2.45) is 5.92 Å². The molecular formula is C8H18BrNO. The first-order valence-corrected chi connectivity index (χ1v) is 5.11. The van der Waals surface area contributed by atoms with Crippen LogP contribution in [0.15, 0.2) is 0 Å². The first kappa shape index (κ1) is 11.4. The second-order valence-electron chi connectivity index (χ2n) is 3.23. The molecule has 3 heteroatoms. The fourth-order valence-corrected chi connectivity index (χ4v) is 1.06. The standard InChI is InChI=1S/C8H18BrNO/c1-7(4-9)5-10(3)8(2)6-11/h7-8,11H,4-6H2,1-3H3. The van der Waals surface area contributed by atoms with E-state index < -0.39 is 0 Å². The second-order valence-corrected chi connectivity index (χ2v) is 3.88. The van der Waals surface area contributed by atoms with Crippen molar-refractivity contribution in [1.82, 2.24) is 4.90 Å². The molecule has 0 bridgehead atoms. The monoisotopic (exact) mass is 223 g/mol. The van der Waals surface area contributed by atoms with Crippen molar-refractivity contribution in [3.63, 3.8) is 0 Å². The lowest BCUT2D eigenvalue weighted by molar-refractivity contribution is 0.149. The predicted octanol–water partition coefficient (Wildman–Crippen LogP) is 1.33. The zero-order valence-electron chi connectivity index (χ0n) is 7.55. The molecule has 0 aromatic heterocycles. The molecule has 0 amide bonds. The van der Waals surface area contributed by atoms with Crippen molar-refractivity contribution in [2.75, 3.05) is 25.5 Å². The molecular weight excluding hydrogens is 206 g/mol. The molecule has 0 aliphatic rings. The zero-order chi connectivity index (χ0) is 8.85. The minimum atomic E-state index is 0.242. The smallest absolute Gasteiger partial charge is 0.0584 e. The number of aliphatic hydroxyl groups is 1. The molecule has 0 heterocycles. The number of likely N-dealkylation sites (N-methyl/N-ethyl adjacent to an activating group) is 1. The van der Waals surface area contributed by atoms with Gasteiger partial charge < -0.3 is 10.0 Å². The normalized spacial score (nSPS) is 16.9. The van der Waals surface area contributed by atoms with Crippen molar-refractivity contribution < 1.29 is 5.11 Å². The minimum Gasteiger partial charge on any atom is -0.395 e. The van der Waals surface area contributed by atoms with E-state index in [1.807, 2.05) is 14.0 Å². The highest BCUT2D eigenvalue weighted by atomic mass is 79.9. The molecule has 0 aliphatic carbocycles. The van der Waals surface area contributed by atoms with Gasteiger partial charge in [0.15, 0.2) is 0 Å². The van der Waals surface area contributed by atoms with Gasteiger partial charge in [-0.2, -0.15) is 0 Å². The number of rotatable bonds is 5. The van der Waals surface area contributed by atoms with Gasteiger partial charge in [0.2, 0.25) is 0 Å². The van der Waals surface area contributed by atoms with E-state index in [1.165, 1.54) is 0 Å². The summed E-state index contributed by atoms with van der Waals surface area (Å²) in [5.41, 5.74) is 0. The maximum Gasteiger partial charge on any atom is 0.0584 e. The third-order valence-corrected chi connectivity index (χ3v) is 2.99. The lowest BCUT2D eigenvalue weighted by Crippen LogP contribution is -2.35. The molecule has 0 spiro atoms. The molecule has 0 aromatic carbocycles. The first-order valence-electron chi connectivity index (χ1n) is 3.98. The van der Waals surface area contributed by atoms with Gasteiger partial charge in [-0.15, -0.1) is 0 Å².